The zero-order valence-electron chi connectivity index (χ0n) is 17.4. The summed E-state index contributed by atoms with van der Waals surface area (Å²) in [4.78, 5) is 26.5. The van der Waals surface area contributed by atoms with Crippen LogP contribution in [0.25, 0.3) is 0 Å². The Morgan fingerprint density at radius 2 is 1.52 bits per heavy atom. The summed E-state index contributed by atoms with van der Waals surface area (Å²) in [5, 5.41) is 5.72. The van der Waals surface area contributed by atoms with Gasteiger partial charge in [0.1, 0.15) is 5.82 Å². The Bertz CT molecular complexity index is 996. The molecule has 6 heteroatoms. The van der Waals surface area contributed by atoms with Crippen LogP contribution in [0.15, 0.2) is 84.9 Å². The van der Waals surface area contributed by atoms with Crippen LogP contribution < -0.4 is 10.6 Å². The Labute approximate surface area is 181 Å². The van der Waals surface area contributed by atoms with Gasteiger partial charge in [0, 0.05) is 5.69 Å². The molecule has 2 N–H and O–H groups in total. The molecule has 0 heterocycles. The molecule has 0 spiro atoms. The van der Waals surface area contributed by atoms with Gasteiger partial charge in [0.25, 0.3) is 0 Å². The third-order valence-corrected chi connectivity index (χ3v) is 4.76. The van der Waals surface area contributed by atoms with Crippen LogP contribution in [0.3, 0.4) is 0 Å². The quantitative estimate of drug-likeness (QED) is 0.555. The van der Waals surface area contributed by atoms with Gasteiger partial charge in [-0.15, -0.1) is 0 Å². The number of carbonyl (C=O) groups excluding carboxylic acids is 2. The molecule has 3 aromatic carbocycles. The van der Waals surface area contributed by atoms with Gasteiger partial charge in [-0.05, 0) is 42.8 Å². The van der Waals surface area contributed by atoms with Crippen molar-refractivity contribution in [2.45, 2.75) is 12.5 Å². The first kappa shape index (κ1) is 22.2. The van der Waals surface area contributed by atoms with E-state index < -0.39 is 5.82 Å². The predicted octanol–water partition coefficient (Wildman–Crippen LogP) is 3.80. The van der Waals surface area contributed by atoms with Crippen molar-refractivity contribution >= 4 is 17.5 Å². The number of hydrogen-bond acceptors (Lipinski definition) is 3. The smallest absolute Gasteiger partial charge is 0.238 e. The molecule has 3 rings (SSSR count). The fourth-order valence-corrected chi connectivity index (χ4v) is 3.34. The molecule has 0 saturated carbocycles. The first-order valence-electron chi connectivity index (χ1n) is 10.1. The number of nitrogens with zero attached hydrogens (tertiary/aromatic N) is 1. The molecule has 31 heavy (non-hydrogen) atoms. The Hall–Kier alpha value is -3.51. The van der Waals surface area contributed by atoms with E-state index in [0.717, 1.165) is 11.1 Å². The highest BCUT2D eigenvalue weighted by Gasteiger charge is 2.17. The van der Waals surface area contributed by atoms with Crippen LogP contribution in [-0.4, -0.2) is 36.9 Å². The maximum atomic E-state index is 13.3. The molecule has 0 radical (unpaired) electrons. The minimum absolute atomic E-state index is 0.0125. The van der Waals surface area contributed by atoms with Crippen LogP contribution in [0.5, 0.6) is 0 Å². The van der Waals surface area contributed by atoms with E-state index in [0.29, 0.717) is 12.1 Å². The lowest BCUT2D eigenvalue weighted by Gasteiger charge is -2.22. The number of likely N-dealkylation sites (N-methyl/N-ethyl adjacent to an activating group) is 1. The van der Waals surface area contributed by atoms with E-state index in [1.165, 1.54) is 18.2 Å². The molecule has 0 bridgehead atoms. The topological polar surface area (TPSA) is 61.4 Å². The van der Waals surface area contributed by atoms with Crippen molar-refractivity contribution in [1.82, 2.24) is 10.2 Å². The number of benzene rings is 3. The highest BCUT2D eigenvalue weighted by molar-refractivity contribution is 5.92. The molecule has 0 unspecified atom stereocenters. The largest absolute Gasteiger partial charge is 0.348 e. The van der Waals surface area contributed by atoms with E-state index in [2.05, 4.69) is 10.6 Å². The summed E-state index contributed by atoms with van der Waals surface area (Å²) in [5.74, 6) is -0.911. The predicted molar refractivity (Wildman–Crippen MR) is 120 cm³/mol. The lowest BCUT2D eigenvalue weighted by molar-refractivity contribution is -0.123. The molecule has 0 fully saturated rings. The van der Waals surface area contributed by atoms with Gasteiger partial charge < -0.3 is 10.6 Å². The average Bonchev–Trinajstić information content (AvgIpc) is 2.74. The summed E-state index contributed by atoms with van der Waals surface area (Å²) in [6.45, 7) is 0.0767. The van der Waals surface area contributed by atoms with Crippen LogP contribution in [0.1, 0.15) is 17.2 Å². The molecule has 1 atom stereocenters. The summed E-state index contributed by atoms with van der Waals surface area (Å²) in [6, 6.07) is 25.3. The molecule has 0 aliphatic carbocycles. The van der Waals surface area contributed by atoms with Gasteiger partial charge in [0.15, 0.2) is 0 Å². The molecule has 0 saturated heterocycles. The van der Waals surface area contributed by atoms with Crippen molar-refractivity contribution in [2.24, 2.45) is 0 Å². The van der Waals surface area contributed by atoms with Crippen LogP contribution in [0, 0.1) is 5.82 Å². The maximum absolute atomic E-state index is 13.3. The lowest BCUT2D eigenvalue weighted by Crippen LogP contribution is -2.40. The third-order valence-electron chi connectivity index (χ3n) is 4.76. The van der Waals surface area contributed by atoms with Crippen LogP contribution >= 0.6 is 0 Å². The minimum Gasteiger partial charge on any atom is -0.348 e. The second kappa shape index (κ2) is 11.0. The zero-order chi connectivity index (χ0) is 22.1. The second-order valence-electron chi connectivity index (χ2n) is 7.45. The molecule has 0 aliphatic heterocycles. The minimum atomic E-state index is -0.420. The Morgan fingerprint density at radius 1 is 0.871 bits per heavy atom. The maximum Gasteiger partial charge on any atom is 0.238 e. The van der Waals surface area contributed by atoms with Crippen molar-refractivity contribution < 1.29 is 14.0 Å². The normalized spacial score (nSPS) is 11.7. The van der Waals surface area contributed by atoms with Gasteiger partial charge >= 0.3 is 0 Å². The van der Waals surface area contributed by atoms with E-state index in [4.69, 9.17) is 0 Å². The summed E-state index contributed by atoms with van der Waals surface area (Å²) in [6.07, 6.45) is 0.667. The fourth-order valence-electron chi connectivity index (χ4n) is 3.34. The van der Waals surface area contributed by atoms with Crippen LogP contribution in [0.2, 0.25) is 0 Å². The molecule has 2 amide bonds. The van der Waals surface area contributed by atoms with E-state index in [-0.39, 0.29) is 30.9 Å². The number of halogens is 1. The third kappa shape index (κ3) is 7.35. The van der Waals surface area contributed by atoms with Gasteiger partial charge in [0.05, 0.1) is 19.1 Å². The molecule has 5 nitrogen and oxygen atoms in total. The van der Waals surface area contributed by atoms with Gasteiger partial charge in [-0.3, -0.25) is 14.5 Å². The van der Waals surface area contributed by atoms with Gasteiger partial charge in [-0.25, -0.2) is 4.39 Å². The first-order valence-corrected chi connectivity index (χ1v) is 10.1. The number of nitrogens with one attached hydrogen (secondary N) is 2. The van der Waals surface area contributed by atoms with Crippen molar-refractivity contribution in [3.05, 3.63) is 102 Å². The molecule has 160 valence electrons. The molecule has 0 aliphatic rings. The standard InChI is InChI=1S/C25H26FN3O2/c1-29(17-24(30)27-22-14-8-13-21(26)16-22)18-25(31)28-23(20-11-6-3-7-12-20)15-19-9-4-2-5-10-19/h2-14,16,23H,15,17-18H2,1H3,(H,27,30)(H,28,31)/t23-/m1/s1. The molecule has 0 aromatic heterocycles. The van der Waals surface area contributed by atoms with Crippen LogP contribution in [-0.2, 0) is 16.0 Å². The Kier molecular flexibility index (Phi) is 7.90. The van der Waals surface area contributed by atoms with Gasteiger partial charge in [-0.2, -0.15) is 0 Å². The summed E-state index contributed by atoms with van der Waals surface area (Å²) < 4.78 is 13.3. The lowest BCUT2D eigenvalue weighted by atomic mass is 9.99. The highest BCUT2D eigenvalue weighted by atomic mass is 19.1. The van der Waals surface area contributed by atoms with E-state index in [1.807, 2.05) is 60.7 Å². The number of amides is 2. The van der Waals surface area contributed by atoms with Crippen molar-refractivity contribution in [3.63, 3.8) is 0 Å². The average molecular weight is 420 g/mol. The number of rotatable bonds is 9. The number of anilines is 1. The van der Waals surface area contributed by atoms with Crippen molar-refractivity contribution in [2.75, 3.05) is 25.5 Å². The second-order valence-corrected chi connectivity index (χ2v) is 7.45. The Balaban J connectivity index is 1.56. The monoisotopic (exact) mass is 419 g/mol. The highest BCUT2D eigenvalue weighted by Crippen LogP contribution is 2.18. The Morgan fingerprint density at radius 3 is 2.19 bits per heavy atom. The molecular formula is C25H26FN3O2. The number of carbonyl (C=O) groups is 2. The zero-order valence-corrected chi connectivity index (χ0v) is 17.4. The fraction of sp³-hybridized carbons (Fsp3) is 0.200. The first-order chi connectivity index (χ1) is 15.0. The molecule has 3 aromatic rings. The van der Waals surface area contributed by atoms with E-state index >= 15 is 0 Å². The summed E-state index contributed by atoms with van der Waals surface area (Å²) in [5.41, 5.74) is 2.53. The van der Waals surface area contributed by atoms with Gasteiger partial charge in [-0.1, -0.05) is 66.7 Å². The van der Waals surface area contributed by atoms with Crippen molar-refractivity contribution in [3.8, 4) is 0 Å². The molecular weight excluding hydrogens is 393 g/mol. The van der Waals surface area contributed by atoms with Gasteiger partial charge in [0.2, 0.25) is 11.8 Å². The summed E-state index contributed by atoms with van der Waals surface area (Å²) >= 11 is 0. The van der Waals surface area contributed by atoms with E-state index in [9.17, 15) is 14.0 Å². The van der Waals surface area contributed by atoms with Crippen LogP contribution in [0.4, 0.5) is 10.1 Å². The van der Waals surface area contributed by atoms with E-state index in [1.54, 1.807) is 18.0 Å². The number of hydrogen-bond donors (Lipinski definition) is 2. The SMILES string of the molecule is CN(CC(=O)Nc1cccc(F)c1)CC(=O)N[C@H](Cc1ccccc1)c1ccccc1. The summed E-state index contributed by atoms with van der Waals surface area (Å²) in [7, 11) is 1.69. The van der Waals surface area contributed by atoms with Crippen molar-refractivity contribution in [1.29, 1.82) is 0 Å².